The van der Waals surface area contributed by atoms with Gasteiger partial charge in [-0.15, -0.1) is 0 Å². The highest BCUT2D eigenvalue weighted by molar-refractivity contribution is 6.88. The van der Waals surface area contributed by atoms with E-state index < -0.39 is 26.1 Å². The van der Waals surface area contributed by atoms with Crippen LogP contribution in [0, 0.1) is 5.82 Å². The molecule has 0 saturated heterocycles. The molecule has 2 rings (SSSR count). The number of hydrogen-bond acceptors (Lipinski definition) is 3. The van der Waals surface area contributed by atoms with E-state index in [1.54, 1.807) is 43.5 Å². The fraction of sp³-hybridized carbons (Fsp3) is 0.300. The molecule has 0 aromatic heterocycles. The van der Waals surface area contributed by atoms with Gasteiger partial charge in [0.1, 0.15) is 11.9 Å². The monoisotopic (exact) mass is 404 g/mol. The molecule has 3 N–H and O–H groups in total. The minimum absolute atomic E-state index is 0.276. The lowest BCUT2D eigenvalue weighted by Gasteiger charge is -2.20. The van der Waals surface area contributed by atoms with Crippen molar-refractivity contribution in [1.29, 1.82) is 0 Å². The zero-order valence-corrected chi connectivity index (χ0v) is 17.4. The number of nitrogens with one attached hydrogen (secondary N) is 2. The standard InChI is InChI=1S/C20H25FN2O4Si/c1-27-12-13-5-7-14(8-6-13)18(23-20(25)26)19(24)22-15-9-10-17(16(21)11-15)28(2,3)4/h5-11,18,23H,12H2,1-4H3,(H,22,24)(H,25,26)/t18-/m1/s1. The molecule has 0 fully saturated rings. The van der Waals surface area contributed by atoms with Crippen molar-refractivity contribution in [3.05, 3.63) is 59.4 Å². The molecule has 0 heterocycles. The van der Waals surface area contributed by atoms with Crippen molar-refractivity contribution in [1.82, 2.24) is 5.32 Å². The Bertz CT molecular complexity index is 850. The molecule has 0 spiro atoms. The summed E-state index contributed by atoms with van der Waals surface area (Å²) in [5.41, 5.74) is 1.64. The molecular weight excluding hydrogens is 379 g/mol. The van der Waals surface area contributed by atoms with Gasteiger partial charge in [0.15, 0.2) is 0 Å². The van der Waals surface area contributed by atoms with Crippen LogP contribution in [0.15, 0.2) is 42.5 Å². The predicted octanol–water partition coefficient (Wildman–Crippen LogP) is 3.46. The van der Waals surface area contributed by atoms with Gasteiger partial charge < -0.3 is 20.5 Å². The highest BCUT2D eigenvalue weighted by atomic mass is 28.3. The van der Waals surface area contributed by atoms with Crippen molar-refractivity contribution < 1.29 is 23.8 Å². The maximum Gasteiger partial charge on any atom is 0.405 e. The number of carboxylic acid groups (broad SMARTS) is 1. The van der Waals surface area contributed by atoms with Gasteiger partial charge in [0.25, 0.3) is 5.91 Å². The van der Waals surface area contributed by atoms with Gasteiger partial charge in [-0.25, -0.2) is 9.18 Å². The molecule has 0 unspecified atom stereocenters. The van der Waals surface area contributed by atoms with E-state index in [9.17, 15) is 14.0 Å². The van der Waals surface area contributed by atoms with Crippen molar-refractivity contribution >= 4 is 30.9 Å². The van der Waals surface area contributed by atoms with Crippen LogP contribution in [0.5, 0.6) is 0 Å². The van der Waals surface area contributed by atoms with Crippen molar-refractivity contribution in [2.45, 2.75) is 32.3 Å². The molecule has 150 valence electrons. The molecule has 0 aliphatic rings. The fourth-order valence-corrected chi connectivity index (χ4v) is 4.18. The zero-order chi connectivity index (χ0) is 20.9. The molecule has 0 bridgehead atoms. The normalized spacial score (nSPS) is 12.3. The smallest absolute Gasteiger partial charge is 0.405 e. The van der Waals surface area contributed by atoms with Crippen molar-refractivity contribution in [2.75, 3.05) is 12.4 Å². The Kier molecular flexibility index (Phi) is 6.93. The van der Waals surface area contributed by atoms with E-state index in [-0.39, 0.29) is 11.5 Å². The Hall–Kier alpha value is -2.71. The van der Waals surface area contributed by atoms with Crippen LogP contribution in [0.2, 0.25) is 19.6 Å². The summed E-state index contributed by atoms with van der Waals surface area (Å²) >= 11 is 0. The second-order valence-electron chi connectivity index (χ2n) is 7.49. The summed E-state index contributed by atoms with van der Waals surface area (Å²) < 4.78 is 19.5. The number of anilines is 1. The van der Waals surface area contributed by atoms with Gasteiger partial charge in [0.2, 0.25) is 0 Å². The quantitative estimate of drug-likeness (QED) is 0.617. The number of benzene rings is 2. The Morgan fingerprint density at radius 2 is 1.79 bits per heavy atom. The maximum atomic E-state index is 14.4. The Morgan fingerprint density at radius 1 is 1.14 bits per heavy atom. The van der Waals surface area contributed by atoms with Crippen LogP contribution < -0.4 is 15.8 Å². The van der Waals surface area contributed by atoms with Crippen LogP contribution in [0.3, 0.4) is 0 Å². The second kappa shape index (κ2) is 8.98. The topological polar surface area (TPSA) is 87.7 Å². The molecule has 8 heteroatoms. The average molecular weight is 405 g/mol. The lowest BCUT2D eigenvalue weighted by Crippen LogP contribution is -2.40. The van der Waals surface area contributed by atoms with E-state index in [1.165, 1.54) is 6.07 Å². The van der Waals surface area contributed by atoms with Crippen LogP contribution >= 0.6 is 0 Å². The molecule has 2 amide bonds. The molecule has 1 atom stereocenters. The van der Waals surface area contributed by atoms with Crippen molar-refractivity contribution in [3.63, 3.8) is 0 Å². The van der Waals surface area contributed by atoms with E-state index in [1.807, 2.05) is 19.6 Å². The first-order chi connectivity index (χ1) is 13.1. The lowest BCUT2D eigenvalue weighted by molar-refractivity contribution is -0.118. The summed E-state index contributed by atoms with van der Waals surface area (Å²) in [4.78, 5) is 23.8. The van der Waals surface area contributed by atoms with E-state index >= 15 is 0 Å². The molecule has 6 nitrogen and oxygen atoms in total. The van der Waals surface area contributed by atoms with E-state index in [2.05, 4.69) is 10.6 Å². The molecule has 28 heavy (non-hydrogen) atoms. The third-order valence-corrected chi connectivity index (χ3v) is 6.22. The first-order valence-electron chi connectivity index (χ1n) is 8.80. The van der Waals surface area contributed by atoms with Gasteiger partial charge in [-0.05, 0) is 28.4 Å². The summed E-state index contributed by atoms with van der Waals surface area (Å²) in [7, 11) is -0.265. The average Bonchev–Trinajstić information content (AvgIpc) is 2.59. The predicted molar refractivity (Wildman–Crippen MR) is 109 cm³/mol. The summed E-state index contributed by atoms with van der Waals surface area (Å²) in [5.74, 6) is -0.967. The number of carbonyl (C=O) groups is 2. The number of ether oxygens (including phenoxy) is 1. The van der Waals surface area contributed by atoms with Crippen molar-refractivity contribution in [2.24, 2.45) is 0 Å². The molecule has 0 radical (unpaired) electrons. The lowest BCUT2D eigenvalue weighted by atomic mass is 10.0. The molecule has 0 aliphatic heterocycles. The van der Waals surface area contributed by atoms with Gasteiger partial charge >= 0.3 is 6.09 Å². The number of rotatable bonds is 7. The second-order valence-corrected chi connectivity index (χ2v) is 12.5. The maximum absolute atomic E-state index is 14.4. The molecular formula is C20H25FN2O4Si. The molecule has 0 saturated carbocycles. The van der Waals surface area contributed by atoms with E-state index in [4.69, 9.17) is 9.84 Å². The summed E-state index contributed by atoms with van der Waals surface area (Å²) in [6.07, 6.45) is -1.33. The number of halogens is 1. The first kappa shape index (κ1) is 21.6. The van der Waals surface area contributed by atoms with E-state index in [0.29, 0.717) is 17.4 Å². The number of hydrogen-bond donors (Lipinski definition) is 3. The molecule has 2 aromatic rings. The van der Waals surface area contributed by atoms with Crippen LogP contribution in [-0.2, 0) is 16.1 Å². The molecule has 0 aliphatic carbocycles. The minimum atomic E-state index is -1.84. The Morgan fingerprint density at radius 3 is 2.29 bits per heavy atom. The molecule has 2 aromatic carbocycles. The van der Waals surface area contributed by atoms with Gasteiger partial charge in [0, 0.05) is 12.8 Å². The summed E-state index contributed by atoms with van der Waals surface area (Å²) in [5, 5.41) is 14.6. The minimum Gasteiger partial charge on any atom is -0.465 e. The summed E-state index contributed by atoms with van der Waals surface area (Å²) in [6.45, 7) is 6.50. The van der Waals surface area contributed by atoms with Gasteiger partial charge in [0.05, 0.1) is 14.7 Å². The largest absolute Gasteiger partial charge is 0.465 e. The van der Waals surface area contributed by atoms with Crippen LogP contribution in [0.1, 0.15) is 17.2 Å². The third-order valence-electron chi connectivity index (χ3n) is 4.20. The summed E-state index contributed by atoms with van der Waals surface area (Å²) in [6, 6.07) is 10.3. The van der Waals surface area contributed by atoms with Gasteiger partial charge in [-0.1, -0.05) is 50.0 Å². The zero-order valence-electron chi connectivity index (χ0n) is 16.4. The van der Waals surface area contributed by atoms with Crippen molar-refractivity contribution in [3.8, 4) is 0 Å². The number of methoxy groups -OCH3 is 1. The Labute approximate surface area is 164 Å². The highest BCUT2D eigenvalue weighted by Crippen LogP contribution is 2.19. The highest BCUT2D eigenvalue weighted by Gasteiger charge is 2.24. The Balaban J connectivity index is 2.23. The van der Waals surface area contributed by atoms with Gasteiger partial charge in [-0.3, -0.25) is 4.79 Å². The van der Waals surface area contributed by atoms with Crippen LogP contribution in [0.4, 0.5) is 14.9 Å². The number of carbonyl (C=O) groups excluding carboxylic acids is 1. The first-order valence-corrected chi connectivity index (χ1v) is 12.3. The SMILES string of the molecule is COCc1ccc([C@@H](NC(=O)O)C(=O)Nc2ccc([Si](C)(C)C)c(F)c2)cc1. The van der Waals surface area contributed by atoms with Crippen LogP contribution in [0.25, 0.3) is 0 Å². The van der Waals surface area contributed by atoms with Gasteiger partial charge in [-0.2, -0.15) is 0 Å². The number of amides is 2. The van der Waals surface area contributed by atoms with Crippen LogP contribution in [-0.4, -0.2) is 32.3 Å². The fourth-order valence-electron chi connectivity index (χ4n) is 2.81. The van der Waals surface area contributed by atoms with E-state index in [0.717, 1.165) is 5.56 Å². The third kappa shape index (κ3) is 5.64.